The van der Waals surface area contributed by atoms with Gasteiger partial charge in [-0.05, 0) is 60.7 Å². The third-order valence-corrected chi connectivity index (χ3v) is 5.64. The summed E-state index contributed by atoms with van der Waals surface area (Å²) in [5, 5.41) is 13.2. The van der Waals surface area contributed by atoms with Crippen LogP contribution in [0.15, 0.2) is 48.7 Å². The Kier molecular flexibility index (Phi) is 6.96. The zero-order valence-electron chi connectivity index (χ0n) is 15.7. The lowest BCUT2D eigenvalue weighted by Crippen LogP contribution is -2.13. The van der Waals surface area contributed by atoms with Gasteiger partial charge in [0.25, 0.3) is 0 Å². The summed E-state index contributed by atoms with van der Waals surface area (Å²) in [7, 11) is 0. The highest BCUT2D eigenvalue weighted by Gasteiger charge is 2.27. The van der Waals surface area contributed by atoms with Crippen LogP contribution in [0.2, 0.25) is 5.02 Å². The number of nitrogens with one attached hydrogen (secondary N) is 1. The molecule has 3 heterocycles. The SMILES string of the molecule is Cl.Cl.Clc1ccc2c(c1)CNCc1nnc(C3CC=C(c4ccccn4)CC3)n1-2. The van der Waals surface area contributed by atoms with Gasteiger partial charge in [-0.15, -0.1) is 35.0 Å². The maximum atomic E-state index is 6.21. The number of hydrogen-bond donors (Lipinski definition) is 1. The van der Waals surface area contributed by atoms with E-state index in [0.29, 0.717) is 12.5 Å². The third-order valence-electron chi connectivity index (χ3n) is 5.41. The van der Waals surface area contributed by atoms with E-state index in [1.54, 1.807) is 0 Å². The Hall–Kier alpha value is -1.92. The van der Waals surface area contributed by atoms with Crippen molar-refractivity contribution < 1.29 is 0 Å². The molecule has 8 heteroatoms. The molecule has 0 amide bonds. The topological polar surface area (TPSA) is 55.6 Å². The summed E-state index contributed by atoms with van der Waals surface area (Å²) in [6.45, 7) is 1.49. The van der Waals surface area contributed by atoms with E-state index in [9.17, 15) is 0 Å². The van der Waals surface area contributed by atoms with E-state index in [1.165, 1.54) is 11.1 Å². The predicted molar refractivity (Wildman–Crippen MR) is 120 cm³/mol. The van der Waals surface area contributed by atoms with Crippen LogP contribution in [-0.2, 0) is 13.1 Å². The minimum Gasteiger partial charge on any atom is -0.306 e. The number of benzene rings is 1. The summed E-state index contributed by atoms with van der Waals surface area (Å²) < 4.78 is 2.23. The highest BCUT2D eigenvalue weighted by atomic mass is 35.5. The molecule has 1 aromatic carbocycles. The predicted octanol–water partition coefficient (Wildman–Crippen LogP) is 5.11. The van der Waals surface area contributed by atoms with Crippen molar-refractivity contribution in [3.8, 4) is 5.69 Å². The number of rotatable bonds is 2. The second-order valence-corrected chi connectivity index (χ2v) is 7.54. The zero-order chi connectivity index (χ0) is 18.2. The minimum absolute atomic E-state index is 0. The van der Waals surface area contributed by atoms with Crippen LogP contribution in [0.4, 0.5) is 0 Å². The standard InChI is InChI=1S/C21H20ClN5.2ClH/c22-17-8-9-19-16(11-17)12-23-13-20-25-26-21(27(19)20)15-6-4-14(5-7-15)18-3-1-2-10-24-18;;/h1-4,8-11,15,23H,5-7,12-13H2;2*1H. The van der Waals surface area contributed by atoms with Crippen LogP contribution in [-0.4, -0.2) is 19.7 Å². The lowest BCUT2D eigenvalue weighted by atomic mass is 9.87. The monoisotopic (exact) mass is 449 g/mol. The van der Waals surface area contributed by atoms with Crippen LogP contribution in [0.1, 0.15) is 48.1 Å². The molecule has 0 saturated carbocycles. The normalized spacial score (nSPS) is 17.7. The average molecular weight is 451 g/mol. The van der Waals surface area contributed by atoms with E-state index >= 15 is 0 Å². The van der Waals surface area contributed by atoms with Gasteiger partial charge in [-0.3, -0.25) is 9.55 Å². The van der Waals surface area contributed by atoms with Crippen molar-refractivity contribution in [2.75, 3.05) is 0 Å². The molecule has 1 aliphatic carbocycles. The Morgan fingerprint density at radius 3 is 2.72 bits per heavy atom. The number of aromatic nitrogens is 4. The summed E-state index contributed by atoms with van der Waals surface area (Å²) in [4.78, 5) is 4.49. The van der Waals surface area contributed by atoms with E-state index in [0.717, 1.165) is 53.9 Å². The molecule has 2 aliphatic rings. The molecule has 5 rings (SSSR count). The van der Waals surface area contributed by atoms with Gasteiger partial charge >= 0.3 is 0 Å². The van der Waals surface area contributed by atoms with Crippen LogP contribution in [0.5, 0.6) is 0 Å². The van der Waals surface area contributed by atoms with Gasteiger partial charge in [0, 0.05) is 23.7 Å². The van der Waals surface area contributed by atoms with Crippen LogP contribution in [0.25, 0.3) is 11.3 Å². The third kappa shape index (κ3) is 4.19. The van der Waals surface area contributed by atoms with Crippen LogP contribution in [0, 0.1) is 0 Å². The summed E-state index contributed by atoms with van der Waals surface area (Å²) in [5.41, 5.74) is 4.73. The number of fused-ring (bicyclic) bond motifs is 3. The van der Waals surface area contributed by atoms with Crippen LogP contribution >= 0.6 is 36.4 Å². The van der Waals surface area contributed by atoms with Crippen molar-refractivity contribution in [2.24, 2.45) is 0 Å². The number of nitrogens with zero attached hydrogens (tertiary/aromatic N) is 4. The van der Waals surface area contributed by atoms with Gasteiger partial charge in [-0.2, -0.15) is 0 Å². The molecule has 0 spiro atoms. The van der Waals surface area contributed by atoms with Crippen LogP contribution < -0.4 is 5.32 Å². The number of pyridine rings is 1. The van der Waals surface area contributed by atoms with Crippen molar-refractivity contribution in [3.05, 3.63) is 76.6 Å². The van der Waals surface area contributed by atoms with Crippen molar-refractivity contribution in [1.82, 2.24) is 25.1 Å². The first-order chi connectivity index (χ1) is 13.3. The van der Waals surface area contributed by atoms with Gasteiger partial charge in [0.1, 0.15) is 5.82 Å². The van der Waals surface area contributed by atoms with Crippen molar-refractivity contribution in [3.63, 3.8) is 0 Å². The van der Waals surface area contributed by atoms with E-state index in [4.69, 9.17) is 11.6 Å². The number of hydrogen-bond acceptors (Lipinski definition) is 4. The summed E-state index contributed by atoms with van der Waals surface area (Å²) in [5.74, 6) is 2.37. The quantitative estimate of drug-likeness (QED) is 0.589. The van der Waals surface area contributed by atoms with Crippen molar-refractivity contribution in [1.29, 1.82) is 0 Å². The Morgan fingerprint density at radius 1 is 1.07 bits per heavy atom. The van der Waals surface area contributed by atoms with Crippen molar-refractivity contribution >= 4 is 42.0 Å². The van der Waals surface area contributed by atoms with E-state index in [-0.39, 0.29) is 24.8 Å². The lowest BCUT2D eigenvalue weighted by molar-refractivity contribution is 0.576. The molecule has 1 atom stereocenters. The average Bonchev–Trinajstić information content (AvgIpc) is 3.04. The molecule has 3 aromatic rings. The molecule has 0 saturated heterocycles. The Labute approximate surface area is 187 Å². The zero-order valence-corrected chi connectivity index (χ0v) is 18.1. The summed E-state index contributed by atoms with van der Waals surface area (Å²) in [6.07, 6.45) is 7.19. The highest BCUT2D eigenvalue weighted by Crippen LogP contribution is 2.36. The van der Waals surface area contributed by atoms with Gasteiger partial charge in [0.2, 0.25) is 0 Å². The van der Waals surface area contributed by atoms with Gasteiger partial charge in [0.05, 0.1) is 17.9 Å². The Bertz CT molecular complexity index is 1020. The molecule has 2 aromatic heterocycles. The molecule has 29 heavy (non-hydrogen) atoms. The van der Waals surface area contributed by atoms with Gasteiger partial charge < -0.3 is 5.32 Å². The van der Waals surface area contributed by atoms with E-state index < -0.39 is 0 Å². The largest absolute Gasteiger partial charge is 0.306 e. The molecular weight excluding hydrogens is 429 g/mol. The van der Waals surface area contributed by atoms with Gasteiger partial charge in [0.15, 0.2) is 5.82 Å². The minimum atomic E-state index is 0. The molecular formula is C21H22Cl3N5. The molecule has 152 valence electrons. The number of allylic oxidation sites excluding steroid dienone is 2. The second-order valence-electron chi connectivity index (χ2n) is 7.10. The fraction of sp³-hybridized carbons (Fsp3) is 0.286. The first-order valence-corrected chi connectivity index (χ1v) is 9.71. The molecule has 1 aliphatic heterocycles. The maximum Gasteiger partial charge on any atom is 0.151 e. The summed E-state index contributed by atoms with van der Waals surface area (Å²) in [6, 6.07) is 12.1. The van der Waals surface area contributed by atoms with E-state index in [2.05, 4.69) is 43.3 Å². The highest BCUT2D eigenvalue weighted by molar-refractivity contribution is 6.30. The molecule has 0 fully saturated rings. The fourth-order valence-corrected chi connectivity index (χ4v) is 4.24. The maximum absolute atomic E-state index is 6.21. The lowest BCUT2D eigenvalue weighted by Gasteiger charge is -2.22. The van der Waals surface area contributed by atoms with Gasteiger partial charge in [-0.25, -0.2) is 0 Å². The molecule has 5 nitrogen and oxygen atoms in total. The van der Waals surface area contributed by atoms with E-state index in [1.807, 2.05) is 30.5 Å². The van der Waals surface area contributed by atoms with Crippen LogP contribution in [0.3, 0.4) is 0 Å². The Morgan fingerprint density at radius 2 is 1.97 bits per heavy atom. The molecule has 1 unspecified atom stereocenters. The Balaban J connectivity index is 0.00000120. The first kappa shape index (κ1) is 21.8. The molecule has 0 radical (unpaired) electrons. The van der Waals surface area contributed by atoms with Crippen molar-refractivity contribution in [2.45, 2.75) is 38.3 Å². The first-order valence-electron chi connectivity index (χ1n) is 9.34. The molecule has 0 bridgehead atoms. The smallest absolute Gasteiger partial charge is 0.151 e. The fourth-order valence-electron chi connectivity index (χ4n) is 4.05. The number of halogens is 3. The summed E-state index contributed by atoms with van der Waals surface area (Å²) >= 11 is 6.21. The van der Waals surface area contributed by atoms with Gasteiger partial charge in [-0.1, -0.05) is 23.7 Å². The molecule has 1 N–H and O–H groups in total. The second kappa shape index (κ2) is 9.26.